The van der Waals surface area contributed by atoms with E-state index in [1.54, 1.807) is 0 Å². The van der Waals surface area contributed by atoms with Crippen molar-refractivity contribution in [3.63, 3.8) is 0 Å². The first kappa shape index (κ1) is 33.4. The molecule has 0 aromatic heterocycles. The first-order valence-corrected chi connectivity index (χ1v) is 17.7. The third-order valence-corrected chi connectivity index (χ3v) is 13.0. The fraction of sp³-hybridized carbons (Fsp3) is 0.615. The minimum atomic E-state index is -0.397. The van der Waals surface area contributed by atoms with Crippen molar-refractivity contribution in [3.8, 4) is 0 Å². The maximum absolute atomic E-state index is 13.5. The number of fused-ring (bicyclic) bond motifs is 5. The molecule has 4 saturated carbocycles. The summed E-state index contributed by atoms with van der Waals surface area (Å²) in [6.07, 6.45) is 8.11. The van der Waals surface area contributed by atoms with Crippen LogP contribution in [0.5, 0.6) is 0 Å². The van der Waals surface area contributed by atoms with Gasteiger partial charge in [0.25, 0.3) is 0 Å². The Morgan fingerprint density at radius 3 is 2.09 bits per heavy atom. The Morgan fingerprint density at radius 2 is 1.45 bits per heavy atom. The van der Waals surface area contributed by atoms with Gasteiger partial charge in [0.1, 0.15) is 12.2 Å². The molecule has 2 N–H and O–H groups in total. The molecule has 2 aromatic rings. The van der Waals surface area contributed by atoms with Crippen molar-refractivity contribution in [1.29, 1.82) is 0 Å². The Labute approximate surface area is 279 Å². The Bertz CT molecular complexity index is 1400. The van der Waals surface area contributed by atoms with Crippen LogP contribution in [0.15, 0.2) is 60.7 Å². The molecule has 6 rings (SSSR count). The summed E-state index contributed by atoms with van der Waals surface area (Å²) < 4.78 is 17.5. The van der Waals surface area contributed by atoms with Crippen molar-refractivity contribution >= 4 is 29.5 Å². The van der Waals surface area contributed by atoms with Crippen LogP contribution in [0, 0.1) is 46.3 Å². The summed E-state index contributed by atoms with van der Waals surface area (Å²) in [5.41, 5.74) is 1.37. The molecule has 2 aromatic carbocycles. The molecule has 47 heavy (non-hydrogen) atoms. The number of carbonyl (C=O) groups is 3. The quantitative estimate of drug-likeness (QED) is 0.220. The van der Waals surface area contributed by atoms with Gasteiger partial charge in [-0.25, -0.2) is 9.59 Å². The second kappa shape index (κ2) is 13.9. The lowest BCUT2D eigenvalue weighted by atomic mass is 9.43. The topological polar surface area (TPSA) is 103 Å². The molecule has 0 aliphatic heterocycles. The minimum Gasteiger partial charge on any atom is -0.469 e. The molecule has 4 aliphatic carbocycles. The number of hydrogen-bond acceptors (Lipinski definition) is 6. The number of esters is 1. The maximum atomic E-state index is 13.5. The van der Waals surface area contributed by atoms with Crippen molar-refractivity contribution in [2.45, 2.75) is 97.2 Å². The summed E-state index contributed by atoms with van der Waals surface area (Å²) in [5, 5.41) is 5.86. The second-order valence-electron chi connectivity index (χ2n) is 15.2. The van der Waals surface area contributed by atoms with Gasteiger partial charge in [-0.1, -0.05) is 57.2 Å². The van der Waals surface area contributed by atoms with E-state index in [1.165, 1.54) is 7.11 Å². The van der Waals surface area contributed by atoms with Gasteiger partial charge < -0.3 is 14.2 Å². The van der Waals surface area contributed by atoms with E-state index in [4.69, 9.17) is 14.2 Å². The zero-order chi connectivity index (χ0) is 33.2. The van der Waals surface area contributed by atoms with Crippen LogP contribution in [0.25, 0.3) is 0 Å². The van der Waals surface area contributed by atoms with Gasteiger partial charge in [0, 0.05) is 23.2 Å². The average Bonchev–Trinajstić information content (AvgIpc) is 3.43. The van der Waals surface area contributed by atoms with Crippen molar-refractivity contribution in [2.24, 2.45) is 46.3 Å². The molecule has 0 heterocycles. The Morgan fingerprint density at radius 1 is 0.809 bits per heavy atom. The smallest absolute Gasteiger partial charge is 0.411 e. The molecule has 4 aliphatic rings. The summed E-state index contributed by atoms with van der Waals surface area (Å²) in [6.45, 7) is 7.11. The normalized spacial score (nSPS) is 34.9. The maximum Gasteiger partial charge on any atom is 0.411 e. The molecule has 4 fully saturated rings. The molecular weight excluding hydrogens is 592 g/mol. The van der Waals surface area contributed by atoms with Gasteiger partial charge in [-0.2, -0.15) is 0 Å². The number of benzene rings is 2. The van der Waals surface area contributed by atoms with Crippen LogP contribution < -0.4 is 10.6 Å². The summed E-state index contributed by atoms with van der Waals surface area (Å²) in [7, 11) is 1.45. The summed E-state index contributed by atoms with van der Waals surface area (Å²) >= 11 is 0. The zero-order valence-electron chi connectivity index (χ0n) is 28.4. The van der Waals surface area contributed by atoms with Gasteiger partial charge in [-0.15, -0.1) is 0 Å². The number of hydrogen-bond donors (Lipinski definition) is 2. The number of amides is 2. The summed E-state index contributed by atoms with van der Waals surface area (Å²) in [6, 6.07) is 18.9. The Balaban J connectivity index is 1.20. The largest absolute Gasteiger partial charge is 0.469 e. The van der Waals surface area contributed by atoms with Crippen LogP contribution in [0.3, 0.4) is 0 Å². The SMILES string of the molecule is COC(=O)CC[C@@H](C)[C@H]1CC[C@H]2[C@@H]3CC[C@@H]4C[C@H](OC(=O)Nc5ccccc5)CC[C@]4(C)[C@H]3C[C@H](OC(=O)Nc3ccccc3)[C@]12C. The van der Waals surface area contributed by atoms with Gasteiger partial charge in [0.05, 0.1) is 7.11 Å². The lowest BCUT2D eigenvalue weighted by molar-refractivity contribution is -0.174. The number of rotatable bonds is 8. The van der Waals surface area contributed by atoms with E-state index >= 15 is 0 Å². The molecular formula is C39H52N2O6. The monoisotopic (exact) mass is 644 g/mol. The van der Waals surface area contributed by atoms with Crippen LogP contribution in [0.4, 0.5) is 21.0 Å². The number of carbonyl (C=O) groups excluding carboxylic acids is 3. The first-order valence-electron chi connectivity index (χ1n) is 17.7. The number of ether oxygens (including phenoxy) is 3. The van der Waals surface area contributed by atoms with Crippen LogP contribution in [-0.2, 0) is 19.0 Å². The highest BCUT2D eigenvalue weighted by atomic mass is 16.6. The van der Waals surface area contributed by atoms with E-state index in [1.807, 2.05) is 60.7 Å². The third-order valence-electron chi connectivity index (χ3n) is 13.0. The van der Waals surface area contributed by atoms with E-state index < -0.39 is 6.09 Å². The highest BCUT2D eigenvalue weighted by Crippen LogP contribution is 2.69. The van der Waals surface area contributed by atoms with Gasteiger partial charge in [0.15, 0.2) is 0 Å². The second-order valence-corrected chi connectivity index (χ2v) is 15.2. The van der Waals surface area contributed by atoms with Crippen molar-refractivity contribution in [2.75, 3.05) is 17.7 Å². The van der Waals surface area contributed by atoms with Crippen LogP contribution >= 0.6 is 0 Å². The third kappa shape index (κ3) is 6.75. The molecule has 8 nitrogen and oxygen atoms in total. The predicted molar refractivity (Wildman–Crippen MR) is 182 cm³/mol. The molecule has 0 radical (unpaired) electrons. The Kier molecular flexibility index (Phi) is 9.86. The lowest BCUT2D eigenvalue weighted by Gasteiger charge is -2.62. The molecule has 2 amide bonds. The number of anilines is 2. The van der Waals surface area contributed by atoms with E-state index in [9.17, 15) is 14.4 Å². The number of para-hydroxylation sites is 2. The van der Waals surface area contributed by atoms with Crippen LogP contribution in [0.1, 0.15) is 85.0 Å². The molecule has 10 atom stereocenters. The fourth-order valence-electron chi connectivity index (χ4n) is 10.7. The zero-order valence-corrected chi connectivity index (χ0v) is 28.4. The highest BCUT2D eigenvalue weighted by molar-refractivity contribution is 5.85. The van der Waals surface area contributed by atoms with E-state index in [2.05, 4.69) is 31.4 Å². The van der Waals surface area contributed by atoms with Crippen molar-refractivity contribution in [1.82, 2.24) is 0 Å². The Hall–Kier alpha value is -3.55. The van der Waals surface area contributed by atoms with Gasteiger partial charge in [-0.3, -0.25) is 15.4 Å². The lowest BCUT2D eigenvalue weighted by Crippen LogP contribution is -2.60. The van der Waals surface area contributed by atoms with Crippen LogP contribution in [0.2, 0.25) is 0 Å². The molecule has 0 unspecified atom stereocenters. The first-order chi connectivity index (χ1) is 22.6. The standard InChI is InChI=1S/C39H52N2O6/c1-25(15-20-35(42)45-4)31-18-19-32-30-17-16-26-23-29(46-36(43)40-27-11-7-5-8-12-27)21-22-38(26,2)33(30)24-34(39(31,32)3)47-37(44)41-28-13-9-6-10-14-28/h5-14,25-26,29-34H,15-24H2,1-4H3,(H,40,43)(H,41,44)/t25-,26-,29-,30+,31-,32+,33+,34+,38+,39-/m1/s1. The van der Waals surface area contributed by atoms with E-state index in [0.717, 1.165) is 69.2 Å². The van der Waals surface area contributed by atoms with Crippen molar-refractivity contribution in [3.05, 3.63) is 60.7 Å². The molecule has 0 spiro atoms. The molecule has 0 bridgehead atoms. The summed E-state index contributed by atoms with van der Waals surface area (Å²) in [4.78, 5) is 38.3. The van der Waals surface area contributed by atoms with E-state index in [-0.39, 0.29) is 35.1 Å². The minimum absolute atomic E-state index is 0.0894. The van der Waals surface area contributed by atoms with Crippen molar-refractivity contribution < 1.29 is 28.6 Å². The highest BCUT2D eigenvalue weighted by Gasteiger charge is 2.65. The van der Waals surface area contributed by atoms with E-state index in [0.29, 0.717) is 41.9 Å². The number of methoxy groups -OCH3 is 1. The predicted octanol–water partition coefficient (Wildman–Crippen LogP) is 9.08. The molecule has 254 valence electrons. The average molecular weight is 645 g/mol. The molecule has 8 heteroatoms. The summed E-state index contributed by atoms with van der Waals surface area (Å²) in [5.74, 6) is 2.39. The number of nitrogens with one attached hydrogen (secondary N) is 2. The van der Waals surface area contributed by atoms with Gasteiger partial charge in [-0.05, 0) is 123 Å². The van der Waals surface area contributed by atoms with Gasteiger partial charge >= 0.3 is 18.2 Å². The van der Waals surface area contributed by atoms with Crippen LogP contribution in [-0.4, -0.2) is 37.5 Å². The molecule has 0 saturated heterocycles. The fourth-order valence-corrected chi connectivity index (χ4v) is 10.7. The van der Waals surface area contributed by atoms with Gasteiger partial charge in [0.2, 0.25) is 0 Å².